The van der Waals surface area contributed by atoms with Crippen molar-refractivity contribution < 1.29 is 13.3 Å². The molecular weight excluding hydrogens is 352 g/mol. The average Bonchev–Trinajstić information content (AvgIpc) is 2.79. The molecule has 10 heteroatoms. The summed E-state index contributed by atoms with van der Waals surface area (Å²) in [6.45, 7) is -0.0291. The van der Waals surface area contributed by atoms with E-state index in [1.807, 2.05) is 0 Å². The summed E-state index contributed by atoms with van der Waals surface area (Å²) >= 11 is 3.00. The molecular formula is C10H9BrN4O4S. The fraction of sp³-hybridized carbons (Fsp3) is 0.200. The minimum Gasteiger partial charge on any atom is -0.390 e. The van der Waals surface area contributed by atoms with Crippen LogP contribution >= 0.6 is 15.9 Å². The van der Waals surface area contributed by atoms with Crippen molar-refractivity contribution in [1.29, 1.82) is 0 Å². The largest absolute Gasteiger partial charge is 0.492 e. The maximum Gasteiger partial charge on any atom is 0.492 e. The summed E-state index contributed by atoms with van der Waals surface area (Å²) in [6.07, 6.45) is 0. The molecule has 0 unspecified atom stereocenters. The van der Waals surface area contributed by atoms with Gasteiger partial charge in [-0.2, -0.15) is 4.68 Å². The normalized spacial score (nSPS) is 11.4. The number of halogens is 1. The molecule has 0 radical (unpaired) electrons. The first kappa shape index (κ1) is 14.6. The van der Waals surface area contributed by atoms with Gasteiger partial charge in [-0.25, -0.2) is 8.42 Å². The van der Waals surface area contributed by atoms with E-state index in [-0.39, 0.29) is 21.9 Å². The fourth-order valence-electron chi connectivity index (χ4n) is 1.48. The van der Waals surface area contributed by atoms with Gasteiger partial charge in [0.2, 0.25) is 0 Å². The van der Waals surface area contributed by atoms with Gasteiger partial charge >= 0.3 is 5.95 Å². The molecule has 0 bridgehead atoms. The maximum atomic E-state index is 12.0. The predicted molar refractivity (Wildman–Crippen MR) is 72.9 cm³/mol. The van der Waals surface area contributed by atoms with Gasteiger partial charge in [0, 0.05) is 21.0 Å². The van der Waals surface area contributed by atoms with E-state index in [0.29, 0.717) is 0 Å². The number of benzene rings is 1. The zero-order valence-corrected chi connectivity index (χ0v) is 12.4. The Bertz CT molecular complexity index is 729. The Balaban J connectivity index is 2.15. The summed E-state index contributed by atoms with van der Waals surface area (Å²) in [6, 6.07) is 7.96. The van der Waals surface area contributed by atoms with Crippen LogP contribution in [0.25, 0.3) is 0 Å². The molecule has 0 aliphatic heterocycles. The highest BCUT2D eigenvalue weighted by Crippen LogP contribution is 2.14. The van der Waals surface area contributed by atoms with Gasteiger partial charge in [0.15, 0.2) is 9.84 Å². The molecule has 8 nitrogen and oxygen atoms in total. The van der Waals surface area contributed by atoms with Gasteiger partial charge in [-0.3, -0.25) is 0 Å². The number of aromatic nitrogens is 3. The van der Waals surface area contributed by atoms with E-state index in [0.717, 1.165) is 4.68 Å². The van der Waals surface area contributed by atoms with Crippen LogP contribution in [0.2, 0.25) is 0 Å². The van der Waals surface area contributed by atoms with Crippen molar-refractivity contribution in [3.8, 4) is 0 Å². The highest BCUT2D eigenvalue weighted by molar-refractivity contribution is 9.10. The first-order chi connectivity index (χ1) is 9.40. The Morgan fingerprint density at radius 2 is 1.95 bits per heavy atom. The first-order valence-electron chi connectivity index (χ1n) is 5.43. The van der Waals surface area contributed by atoms with E-state index >= 15 is 0 Å². The maximum absolute atomic E-state index is 12.0. The van der Waals surface area contributed by atoms with Crippen molar-refractivity contribution in [3.63, 3.8) is 0 Å². The molecule has 0 aliphatic carbocycles. The molecule has 0 fully saturated rings. The second-order valence-electron chi connectivity index (χ2n) is 3.79. The summed E-state index contributed by atoms with van der Waals surface area (Å²) in [5, 5.41) is 14.1. The molecule has 0 atom stereocenters. The number of nitro groups is 1. The Hall–Kier alpha value is -1.81. The smallest absolute Gasteiger partial charge is 0.390 e. The van der Waals surface area contributed by atoms with Gasteiger partial charge in [-0.15, -0.1) is 0 Å². The molecule has 0 saturated heterocycles. The number of hydrogen-bond acceptors (Lipinski definition) is 6. The van der Waals surface area contributed by atoms with Gasteiger partial charge in [0.25, 0.3) is 4.73 Å². The topological polar surface area (TPSA) is 108 Å². The lowest BCUT2D eigenvalue weighted by atomic mass is 10.4. The Morgan fingerprint density at radius 3 is 2.50 bits per heavy atom. The molecule has 2 rings (SSSR count). The SMILES string of the molecule is O=[N+]([O-])c1nc(Br)n(CCS(=O)(=O)c2ccccc2)n1. The van der Waals surface area contributed by atoms with E-state index in [9.17, 15) is 18.5 Å². The molecule has 0 saturated carbocycles. The monoisotopic (exact) mass is 360 g/mol. The summed E-state index contributed by atoms with van der Waals surface area (Å²) in [5.41, 5.74) is 0. The third kappa shape index (κ3) is 3.20. The van der Waals surface area contributed by atoms with Crippen molar-refractivity contribution in [2.45, 2.75) is 11.4 Å². The molecule has 0 N–H and O–H groups in total. The lowest BCUT2D eigenvalue weighted by molar-refractivity contribution is -0.394. The fourth-order valence-corrected chi connectivity index (χ4v) is 3.12. The molecule has 20 heavy (non-hydrogen) atoms. The van der Waals surface area contributed by atoms with E-state index < -0.39 is 20.7 Å². The molecule has 0 spiro atoms. The van der Waals surface area contributed by atoms with Crippen LogP contribution in [0.5, 0.6) is 0 Å². The number of hydrogen-bond donors (Lipinski definition) is 0. The minimum atomic E-state index is -3.47. The molecule has 1 aromatic heterocycles. The van der Waals surface area contributed by atoms with Crippen LogP contribution in [0.3, 0.4) is 0 Å². The average molecular weight is 361 g/mol. The van der Waals surface area contributed by atoms with Crippen LogP contribution in [-0.2, 0) is 16.4 Å². The number of nitrogens with zero attached hydrogens (tertiary/aromatic N) is 4. The van der Waals surface area contributed by atoms with Crippen LogP contribution in [0, 0.1) is 10.1 Å². The Morgan fingerprint density at radius 1 is 1.30 bits per heavy atom. The first-order valence-corrected chi connectivity index (χ1v) is 7.87. The van der Waals surface area contributed by atoms with Crippen molar-refractivity contribution in [1.82, 2.24) is 14.8 Å². The zero-order valence-electron chi connectivity index (χ0n) is 10.0. The summed E-state index contributed by atoms with van der Waals surface area (Å²) in [7, 11) is -3.47. The van der Waals surface area contributed by atoms with Crippen LogP contribution in [0.1, 0.15) is 0 Å². The summed E-state index contributed by atoms with van der Waals surface area (Å²) < 4.78 is 25.3. The van der Waals surface area contributed by atoms with Crippen LogP contribution in [0.15, 0.2) is 40.0 Å². The van der Waals surface area contributed by atoms with E-state index in [1.165, 1.54) is 12.1 Å². The van der Waals surface area contributed by atoms with Gasteiger partial charge in [-0.1, -0.05) is 18.2 Å². The quantitative estimate of drug-likeness (QED) is 0.589. The molecule has 0 amide bonds. The highest BCUT2D eigenvalue weighted by Gasteiger charge is 2.22. The third-order valence-electron chi connectivity index (χ3n) is 2.45. The van der Waals surface area contributed by atoms with Gasteiger partial charge in [0.1, 0.15) is 0 Å². The molecule has 1 heterocycles. The standard InChI is InChI=1S/C10H9BrN4O4S/c11-9-12-10(15(16)17)13-14(9)6-7-20(18,19)8-4-2-1-3-5-8/h1-5H,6-7H2. The number of aryl methyl sites for hydroxylation is 1. The third-order valence-corrected chi connectivity index (χ3v) is 4.75. The highest BCUT2D eigenvalue weighted by atomic mass is 79.9. The predicted octanol–water partition coefficient (Wildman–Crippen LogP) is 1.42. The van der Waals surface area contributed by atoms with E-state index in [1.54, 1.807) is 18.2 Å². The summed E-state index contributed by atoms with van der Waals surface area (Å²) in [4.78, 5) is 13.5. The minimum absolute atomic E-state index is 0.0291. The van der Waals surface area contributed by atoms with Crippen molar-refractivity contribution in [2.24, 2.45) is 0 Å². The van der Waals surface area contributed by atoms with E-state index in [4.69, 9.17) is 0 Å². The number of sulfone groups is 1. The van der Waals surface area contributed by atoms with Gasteiger partial charge in [0.05, 0.1) is 17.2 Å². The number of rotatable bonds is 5. The van der Waals surface area contributed by atoms with Gasteiger partial charge < -0.3 is 10.1 Å². The van der Waals surface area contributed by atoms with Crippen molar-refractivity contribution >= 4 is 31.7 Å². The molecule has 0 aliphatic rings. The second-order valence-corrected chi connectivity index (χ2v) is 6.61. The van der Waals surface area contributed by atoms with Crippen LogP contribution in [-0.4, -0.2) is 33.9 Å². The lowest BCUT2D eigenvalue weighted by Crippen LogP contribution is -2.14. The molecule has 2 aromatic rings. The Kier molecular flexibility index (Phi) is 4.14. The van der Waals surface area contributed by atoms with Crippen molar-refractivity contribution in [3.05, 3.63) is 45.2 Å². The van der Waals surface area contributed by atoms with Crippen LogP contribution < -0.4 is 0 Å². The van der Waals surface area contributed by atoms with Gasteiger partial charge in [-0.05, 0) is 22.0 Å². The lowest BCUT2D eigenvalue weighted by Gasteiger charge is -2.02. The van der Waals surface area contributed by atoms with E-state index in [2.05, 4.69) is 26.0 Å². The molecule has 1 aromatic carbocycles. The second kappa shape index (κ2) is 5.67. The molecule has 106 valence electrons. The van der Waals surface area contributed by atoms with Crippen molar-refractivity contribution in [2.75, 3.05) is 5.75 Å². The van der Waals surface area contributed by atoms with Crippen LogP contribution in [0.4, 0.5) is 5.95 Å². The Labute approximate surface area is 122 Å². The summed E-state index contributed by atoms with van der Waals surface area (Å²) in [5.74, 6) is -0.801. The zero-order chi connectivity index (χ0) is 14.8.